The van der Waals surface area contributed by atoms with Crippen LogP contribution in [-0.4, -0.2) is 96.3 Å². The van der Waals surface area contributed by atoms with Crippen molar-refractivity contribution in [2.45, 2.75) is 76.3 Å². The zero-order chi connectivity index (χ0) is 30.8. The first-order valence-corrected chi connectivity index (χ1v) is 16.2. The van der Waals surface area contributed by atoms with Gasteiger partial charge in [-0.2, -0.15) is 0 Å². The summed E-state index contributed by atoms with van der Waals surface area (Å²) in [4.78, 5) is 65.1. The van der Waals surface area contributed by atoms with Gasteiger partial charge in [-0.15, -0.1) is 0 Å². The van der Waals surface area contributed by atoms with Crippen molar-refractivity contribution in [2.24, 2.45) is 35.5 Å². The number of Topliss-reactive ketones (excluding diaryl/α,β-unsaturated/α-hetero) is 1. The summed E-state index contributed by atoms with van der Waals surface area (Å²) < 4.78 is 39.2. The van der Waals surface area contributed by atoms with Gasteiger partial charge in [-0.1, -0.05) is 20.3 Å². The SMILES string of the molecule is CC(C)C[C@H](NC(=O)OCC1CN(C(=O)C2CC3CCC2C3)C1)C(=O)N[C@@H](C[C@H]1CCNC1=O)C(=O)C(O)S(=O)(=O)[O-]. The lowest BCUT2D eigenvalue weighted by Gasteiger charge is -2.41. The van der Waals surface area contributed by atoms with E-state index in [1.165, 1.54) is 6.42 Å². The highest BCUT2D eigenvalue weighted by molar-refractivity contribution is 7.87. The number of carbonyl (C=O) groups is 5. The highest BCUT2D eigenvalue weighted by atomic mass is 32.2. The first-order chi connectivity index (χ1) is 19.7. The zero-order valence-corrected chi connectivity index (χ0v) is 24.8. The minimum atomic E-state index is -5.43. The van der Waals surface area contributed by atoms with E-state index >= 15 is 0 Å². The largest absolute Gasteiger partial charge is 0.746 e. The number of ether oxygens (including phenoxy) is 1. The van der Waals surface area contributed by atoms with Gasteiger partial charge in [-0.3, -0.25) is 19.2 Å². The van der Waals surface area contributed by atoms with Crippen LogP contribution in [0.1, 0.15) is 58.8 Å². The second kappa shape index (κ2) is 13.2. The van der Waals surface area contributed by atoms with E-state index in [1.54, 1.807) is 13.8 Å². The van der Waals surface area contributed by atoms with Crippen molar-refractivity contribution < 1.29 is 46.8 Å². The maximum absolute atomic E-state index is 13.2. The van der Waals surface area contributed by atoms with Gasteiger partial charge in [0.05, 0.1) is 12.6 Å². The van der Waals surface area contributed by atoms with Crippen LogP contribution in [0, 0.1) is 35.5 Å². The molecule has 4 fully saturated rings. The first-order valence-electron chi connectivity index (χ1n) is 14.7. The van der Waals surface area contributed by atoms with Crippen LogP contribution in [0.25, 0.3) is 0 Å². The lowest BCUT2D eigenvalue weighted by atomic mass is 9.86. The van der Waals surface area contributed by atoms with E-state index in [0.717, 1.165) is 19.3 Å². The normalized spacial score (nSPS) is 27.6. The molecule has 0 aromatic rings. The molecule has 4 aliphatic rings. The Morgan fingerprint density at radius 3 is 2.36 bits per heavy atom. The van der Waals surface area contributed by atoms with Crippen molar-refractivity contribution in [2.75, 3.05) is 26.2 Å². The number of ketones is 1. The van der Waals surface area contributed by atoms with Crippen molar-refractivity contribution in [3.8, 4) is 0 Å². The van der Waals surface area contributed by atoms with Gasteiger partial charge in [-0.05, 0) is 56.3 Å². The van der Waals surface area contributed by atoms with Gasteiger partial charge in [0, 0.05) is 37.4 Å². The van der Waals surface area contributed by atoms with Crippen LogP contribution in [0.4, 0.5) is 4.79 Å². The third-order valence-corrected chi connectivity index (χ3v) is 9.73. The molecule has 2 aliphatic carbocycles. The molecule has 4 unspecified atom stereocenters. The van der Waals surface area contributed by atoms with Crippen molar-refractivity contribution in [3.05, 3.63) is 0 Å². The number of likely N-dealkylation sites (tertiary alicyclic amines) is 1. The van der Waals surface area contributed by atoms with Gasteiger partial charge < -0.3 is 35.2 Å². The Hall–Kier alpha value is -2.78. The minimum Gasteiger partial charge on any atom is -0.746 e. The third-order valence-electron chi connectivity index (χ3n) is 8.95. The molecule has 14 nitrogen and oxygen atoms in total. The molecule has 0 radical (unpaired) electrons. The summed E-state index contributed by atoms with van der Waals surface area (Å²) in [6.45, 7) is 4.95. The van der Waals surface area contributed by atoms with Crippen LogP contribution in [0.3, 0.4) is 0 Å². The Balaban J connectivity index is 1.29. The van der Waals surface area contributed by atoms with Gasteiger partial charge in [-0.25, -0.2) is 13.2 Å². The van der Waals surface area contributed by atoms with Crippen LogP contribution in [0.5, 0.6) is 0 Å². The fourth-order valence-electron chi connectivity index (χ4n) is 6.70. The van der Waals surface area contributed by atoms with Crippen LogP contribution in [0.15, 0.2) is 0 Å². The van der Waals surface area contributed by atoms with Gasteiger partial charge in [0.2, 0.25) is 23.2 Å². The summed E-state index contributed by atoms with van der Waals surface area (Å²) in [7, 11) is -5.43. The number of amides is 4. The number of aliphatic hydroxyl groups excluding tert-OH is 1. The predicted molar refractivity (Wildman–Crippen MR) is 145 cm³/mol. The number of aliphatic hydroxyl groups is 1. The quantitative estimate of drug-likeness (QED) is 0.195. The topological polar surface area (TPSA) is 211 Å². The Kier molecular flexibility index (Phi) is 10.1. The summed E-state index contributed by atoms with van der Waals surface area (Å²) in [5.74, 6) is -2.14. The maximum atomic E-state index is 13.2. The average Bonchev–Trinajstić information content (AvgIpc) is 3.63. The molecule has 2 bridgehead atoms. The molecular formula is C27H41N4O10S-. The molecule has 4 rings (SSSR count). The van der Waals surface area contributed by atoms with Crippen LogP contribution in [0.2, 0.25) is 0 Å². The highest BCUT2D eigenvalue weighted by Gasteiger charge is 2.46. The highest BCUT2D eigenvalue weighted by Crippen LogP contribution is 2.49. The molecule has 2 saturated heterocycles. The van der Waals surface area contributed by atoms with E-state index in [4.69, 9.17) is 4.74 Å². The van der Waals surface area contributed by atoms with E-state index in [0.29, 0.717) is 37.9 Å². The molecule has 236 valence electrons. The molecule has 2 saturated carbocycles. The molecule has 0 aromatic carbocycles. The second-order valence-corrected chi connectivity index (χ2v) is 14.1. The van der Waals surface area contributed by atoms with Crippen LogP contribution < -0.4 is 16.0 Å². The number of hydrogen-bond donors (Lipinski definition) is 4. The van der Waals surface area contributed by atoms with Gasteiger partial charge in [0.15, 0.2) is 5.78 Å². The second-order valence-electron chi connectivity index (χ2n) is 12.6. The van der Waals surface area contributed by atoms with Crippen LogP contribution >= 0.6 is 0 Å². The van der Waals surface area contributed by atoms with Gasteiger partial charge >= 0.3 is 6.09 Å². The minimum absolute atomic E-state index is 0.0225. The summed E-state index contributed by atoms with van der Waals surface area (Å²) in [5.41, 5.74) is -2.92. The summed E-state index contributed by atoms with van der Waals surface area (Å²) >= 11 is 0. The fourth-order valence-corrected chi connectivity index (χ4v) is 7.15. The number of carbonyl (C=O) groups excluding carboxylic acids is 5. The molecule has 0 spiro atoms. The maximum Gasteiger partial charge on any atom is 0.407 e. The number of nitrogens with one attached hydrogen (secondary N) is 3. The van der Waals surface area contributed by atoms with E-state index in [1.807, 2.05) is 4.90 Å². The molecule has 15 heteroatoms. The first kappa shape index (κ1) is 32.1. The lowest BCUT2D eigenvalue weighted by molar-refractivity contribution is -0.144. The summed E-state index contributed by atoms with van der Waals surface area (Å²) in [6.07, 6.45) is 3.67. The molecule has 4 N–H and O–H groups in total. The molecule has 0 aromatic heterocycles. The van der Waals surface area contributed by atoms with E-state index in [9.17, 15) is 42.0 Å². The molecule has 42 heavy (non-hydrogen) atoms. The smallest absolute Gasteiger partial charge is 0.407 e. The van der Waals surface area contributed by atoms with Crippen molar-refractivity contribution in [1.82, 2.24) is 20.9 Å². The molecule has 7 atom stereocenters. The van der Waals surface area contributed by atoms with Crippen LogP contribution in [-0.2, 0) is 34.0 Å². The summed E-state index contributed by atoms with van der Waals surface area (Å²) in [5, 5.41) is 17.1. The van der Waals surface area contributed by atoms with E-state index in [2.05, 4.69) is 16.0 Å². The van der Waals surface area contributed by atoms with Crippen molar-refractivity contribution in [1.29, 1.82) is 0 Å². The Labute approximate surface area is 245 Å². The monoisotopic (exact) mass is 613 g/mol. The standard InChI is InChI=1S/C27H42N4O10S/c1-14(2)7-21(24(34)29-20(10-18-5-6-28-23(18)33)22(32)26(36)42(38,39)40)30-27(37)41-13-16-11-31(12-16)25(35)19-9-15-3-4-17(19)8-15/h14-21,26,36H,3-13H2,1-2H3,(H,28,33)(H,29,34)(H,30,37)(H,38,39,40)/p-1/t15?,17?,18-,19?,20+,21+,26?/m1/s1. The number of rotatable bonds is 13. The Morgan fingerprint density at radius 1 is 1.10 bits per heavy atom. The number of alkyl carbamates (subject to hydrolysis) is 1. The van der Waals surface area contributed by atoms with Gasteiger partial charge in [0.25, 0.3) is 0 Å². The molecule has 4 amide bonds. The molecular weight excluding hydrogens is 572 g/mol. The number of fused-ring (bicyclic) bond motifs is 2. The zero-order valence-electron chi connectivity index (χ0n) is 24.0. The average molecular weight is 614 g/mol. The molecule has 2 heterocycles. The molecule has 2 aliphatic heterocycles. The fraction of sp³-hybridized carbons (Fsp3) is 0.815. The van der Waals surface area contributed by atoms with E-state index < -0.39 is 57.2 Å². The van der Waals surface area contributed by atoms with Crippen molar-refractivity contribution >= 4 is 39.7 Å². The van der Waals surface area contributed by atoms with Crippen molar-refractivity contribution in [3.63, 3.8) is 0 Å². The predicted octanol–water partition coefficient (Wildman–Crippen LogP) is -0.534. The Bertz CT molecular complexity index is 1170. The lowest BCUT2D eigenvalue weighted by Crippen LogP contribution is -2.56. The number of hydrogen-bond acceptors (Lipinski definition) is 10. The van der Waals surface area contributed by atoms with E-state index in [-0.39, 0.29) is 43.1 Å². The Morgan fingerprint density at radius 2 is 1.81 bits per heavy atom. The summed E-state index contributed by atoms with van der Waals surface area (Å²) in [6, 6.07) is -2.85. The number of nitrogens with zero attached hydrogens (tertiary/aromatic N) is 1. The third kappa shape index (κ3) is 7.78. The van der Waals surface area contributed by atoms with Gasteiger partial charge in [0.1, 0.15) is 16.2 Å².